The van der Waals surface area contributed by atoms with Gasteiger partial charge in [-0.1, -0.05) is 6.92 Å². The Morgan fingerprint density at radius 2 is 1.83 bits per heavy atom. The van der Waals surface area contributed by atoms with E-state index in [1.807, 2.05) is 6.92 Å². The molecular formula is C4H8NiO. The molecule has 0 aromatic carbocycles. The van der Waals surface area contributed by atoms with Gasteiger partial charge in [0.2, 0.25) is 0 Å². The van der Waals surface area contributed by atoms with Gasteiger partial charge in [-0.15, -0.1) is 0 Å². The van der Waals surface area contributed by atoms with E-state index in [1.54, 1.807) is 6.92 Å². The third-order valence-corrected chi connectivity index (χ3v) is 0.498. The molecule has 0 aliphatic rings. The largest absolute Gasteiger partial charge is 0.300 e. The van der Waals surface area contributed by atoms with Crippen molar-refractivity contribution in [3.05, 3.63) is 0 Å². The van der Waals surface area contributed by atoms with E-state index in [9.17, 15) is 4.79 Å². The summed E-state index contributed by atoms with van der Waals surface area (Å²) in [6.07, 6.45) is 0.667. The molecule has 0 heterocycles. The maximum absolute atomic E-state index is 9.81. The van der Waals surface area contributed by atoms with Crippen LogP contribution in [0.3, 0.4) is 0 Å². The van der Waals surface area contributed by atoms with Crippen LogP contribution in [0.2, 0.25) is 0 Å². The van der Waals surface area contributed by atoms with Crippen molar-refractivity contribution in [2.45, 2.75) is 20.3 Å². The standard InChI is InChI=1S/C4H8O.Ni/c1-3-4(2)5;/h3H2,1-2H3;. The van der Waals surface area contributed by atoms with Crippen LogP contribution < -0.4 is 0 Å². The average Bonchev–Trinajstić information content (AvgIpc) is 1.38. The first-order chi connectivity index (χ1) is 2.27. The van der Waals surface area contributed by atoms with Gasteiger partial charge in [0.05, 0.1) is 0 Å². The van der Waals surface area contributed by atoms with Gasteiger partial charge < -0.3 is 4.79 Å². The van der Waals surface area contributed by atoms with Gasteiger partial charge in [0.25, 0.3) is 0 Å². The normalized spacial score (nSPS) is 6.33. The summed E-state index contributed by atoms with van der Waals surface area (Å²) in [6, 6.07) is 0. The maximum Gasteiger partial charge on any atom is 0.129 e. The topological polar surface area (TPSA) is 17.1 Å². The van der Waals surface area contributed by atoms with Gasteiger partial charge in [0.1, 0.15) is 5.78 Å². The Morgan fingerprint density at radius 3 is 1.83 bits per heavy atom. The molecule has 6 heavy (non-hydrogen) atoms. The van der Waals surface area contributed by atoms with Crippen molar-refractivity contribution in [1.29, 1.82) is 0 Å². The molecule has 0 N–H and O–H groups in total. The van der Waals surface area contributed by atoms with E-state index in [0.29, 0.717) is 6.42 Å². The quantitative estimate of drug-likeness (QED) is 0.484. The monoisotopic (exact) mass is 130 g/mol. The van der Waals surface area contributed by atoms with Crippen molar-refractivity contribution in [3.8, 4) is 0 Å². The molecule has 40 valence electrons. The minimum Gasteiger partial charge on any atom is -0.300 e. The second kappa shape index (κ2) is 5.16. The van der Waals surface area contributed by atoms with Gasteiger partial charge in [0.15, 0.2) is 0 Å². The van der Waals surface area contributed by atoms with Crippen LogP contribution in [0.25, 0.3) is 0 Å². The van der Waals surface area contributed by atoms with Gasteiger partial charge in [-0.3, -0.25) is 0 Å². The molecule has 0 bridgehead atoms. The Kier molecular flexibility index (Phi) is 8.16. The van der Waals surface area contributed by atoms with Crippen molar-refractivity contribution in [3.63, 3.8) is 0 Å². The van der Waals surface area contributed by atoms with Crippen molar-refractivity contribution in [2.24, 2.45) is 0 Å². The fraction of sp³-hybridized carbons (Fsp3) is 0.750. The fourth-order valence-electron chi connectivity index (χ4n) is 0. The predicted molar refractivity (Wildman–Crippen MR) is 21.0 cm³/mol. The Balaban J connectivity index is 0. The zero-order valence-corrected chi connectivity index (χ0v) is 4.92. The zero-order valence-electron chi connectivity index (χ0n) is 3.93. The first-order valence-electron chi connectivity index (χ1n) is 1.76. The van der Waals surface area contributed by atoms with Crippen LogP contribution >= 0.6 is 0 Å². The molecule has 0 radical (unpaired) electrons. The molecule has 1 nitrogen and oxygen atoms in total. The second-order valence-corrected chi connectivity index (χ2v) is 1.06. The molecule has 0 rings (SSSR count). The first kappa shape index (κ1) is 9.48. The Bertz CT molecular complexity index is 42.8. The molecule has 0 aromatic heterocycles. The van der Waals surface area contributed by atoms with Gasteiger partial charge in [-0.25, -0.2) is 0 Å². The molecule has 0 aliphatic carbocycles. The van der Waals surface area contributed by atoms with Crippen LogP contribution in [0.15, 0.2) is 0 Å². The van der Waals surface area contributed by atoms with Crippen LogP contribution in [-0.4, -0.2) is 5.78 Å². The number of carbonyl (C=O) groups is 1. The number of ketones is 1. The van der Waals surface area contributed by atoms with Crippen molar-refractivity contribution >= 4 is 5.78 Å². The Morgan fingerprint density at radius 1 is 1.67 bits per heavy atom. The van der Waals surface area contributed by atoms with Gasteiger partial charge in [-0.2, -0.15) is 0 Å². The summed E-state index contributed by atoms with van der Waals surface area (Å²) < 4.78 is 0. The molecule has 0 spiro atoms. The maximum atomic E-state index is 9.81. The third-order valence-electron chi connectivity index (χ3n) is 0.498. The molecule has 0 saturated heterocycles. The van der Waals surface area contributed by atoms with E-state index in [1.165, 1.54) is 0 Å². The molecule has 0 aromatic rings. The summed E-state index contributed by atoms with van der Waals surface area (Å²) in [4.78, 5) is 9.81. The molecular weight excluding hydrogens is 123 g/mol. The van der Waals surface area contributed by atoms with Crippen LogP contribution in [0, 0.1) is 0 Å². The minimum atomic E-state index is 0. The molecule has 0 atom stereocenters. The Hall–Kier alpha value is 0.164. The molecule has 0 aliphatic heterocycles. The fourth-order valence-corrected chi connectivity index (χ4v) is 0. The van der Waals surface area contributed by atoms with Crippen LogP contribution in [-0.2, 0) is 21.3 Å². The molecule has 0 unspecified atom stereocenters. The number of hydrogen-bond acceptors (Lipinski definition) is 1. The van der Waals surface area contributed by atoms with Gasteiger partial charge >= 0.3 is 0 Å². The number of Topliss-reactive ketones (excluding diaryl/α,β-unsaturated/α-hetero) is 1. The van der Waals surface area contributed by atoms with E-state index >= 15 is 0 Å². The molecule has 0 fully saturated rings. The van der Waals surface area contributed by atoms with E-state index in [4.69, 9.17) is 0 Å². The number of carbonyl (C=O) groups excluding carboxylic acids is 1. The van der Waals surface area contributed by atoms with Gasteiger partial charge in [0, 0.05) is 22.9 Å². The van der Waals surface area contributed by atoms with Gasteiger partial charge in [-0.05, 0) is 6.92 Å². The SMILES string of the molecule is CCC(C)=O.[Ni]. The van der Waals surface area contributed by atoms with Crippen molar-refractivity contribution in [1.82, 2.24) is 0 Å². The second-order valence-electron chi connectivity index (χ2n) is 1.06. The smallest absolute Gasteiger partial charge is 0.129 e. The zero-order chi connectivity index (χ0) is 4.28. The summed E-state index contributed by atoms with van der Waals surface area (Å²) in [5.74, 6) is 0.255. The first-order valence-corrected chi connectivity index (χ1v) is 1.76. The number of rotatable bonds is 1. The minimum absolute atomic E-state index is 0. The summed E-state index contributed by atoms with van der Waals surface area (Å²) in [7, 11) is 0. The summed E-state index contributed by atoms with van der Waals surface area (Å²) >= 11 is 0. The molecule has 0 amide bonds. The summed E-state index contributed by atoms with van der Waals surface area (Å²) in [5, 5.41) is 0. The van der Waals surface area contributed by atoms with Crippen molar-refractivity contribution in [2.75, 3.05) is 0 Å². The summed E-state index contributed by atoms with van der Waals surface area (Å²) in [6.45, 7) is 3.43. The van der Waals surface area contributed by atoms with Crippen LogP contribution in [0.5, 0.6) is 0 Å². The predicted octanol–water partition coefficient (Wildman–Crippen LogP) is 0.983. The van der Waals surface area contributed by atoms with E-state index < -0.39 is 0 Å². The molecule has 2 heteroatoms. The van der Waals surface area contributed by atoms with E-state index in [2.05, 4.69) is 0 Å². The summed E-state index contributed by atoms with van der Waals surface area (Å²) in [5.41, 5.74) is 0. The average molecular weight is 131 g/mol. The van der Waals surface area contributed by atoms with Crippen LogP contribution in [0.4, 0.5) is 0 Å². The number of hydrogen-bond donors (Lipinski definition) is 0. The van der Waals surface area contributed by atoms with E-state index in [-0.39, 0.29) is 22.3 Å². The van der Waals surface area contributed by atoms with Crippen LogP contribution in [0.1, 0.15) is 20.3 Å². The van der Waals surface area contributed by atoms with Crippen molar-refractivity contribution < 1.29 is 21.3 Å². The molecule has 0 saturated carbocycles. The third kappa shape index (κ3) is 8.90. The Labute approximate surface area is 48.0 Å². The van der Waals surface area contributed by atoms with E-state index in [0.717, 1.165) is 0 Å².